The lowest BCUT2D eigenvalue weighted by Gasteiger charge is -2.22. The van der Waals surface area contributed by atoms with E-state index in [2.05, 4.69) is 17.4 Å². The summed E-state index contributed by atoms with van der Waals surface area (Å²) in [6, 6.07) is 25.6. The first-order valence-electron chi connectivity index (χ1n) is 11.0. The van der Waals surface area contributed by atoms with Crippen molar-refractivity contribution in [3.05, 3.63) is 90.0 Å². The molecule has 4 rings (SSSR count). The van der Waals surface area contributed by atoms with Gasteiger partial charge in [0, 0.05) is 25.2 Å². The molecular weight excluding hydrogens is 400 g/mol. The Balaban J connectivity index is 1.30. The van der Waals surface area contributed by atoms with Gasteiger partial charge >= 0.3 is 0 Å². The molecule has 5 heteroatoms. The van der Waals surface area contributed by atoms with Gasteiger partial charge in [-0.15, -0.1) is 0 Å². The van der Waals surface area contributed by atoms with E-state index in [0.717, 1.165) is 29.5 Å². The van der Waals surface area contributed by atoms with Gasteiger partial charge in [0.2, 0.25) is 0 Å². The van der Waals surface area contributed by atoms with Crippen LogP contribution in [0.25, 0.3) is 11.1 Å². The molecular formula is C27H28N2O3. The molecule has 0 saturated heterocycles. The van der Waals surface area contributed by atoms with Gasteiger partial charge in [-0.2, -0.15) is 0 Å². The number of rotatable bonds is 8. The summed E-state index contributed by atoms with van der Waals surface area (Å²) >= 11 is 0. The Morgan fingerprint density at radius 2 is 1.56 bits per heavy atom. The zero-order chi connectivity index (χ0) is 22.5. The molecule has 5 nitrogen and oxygen atoms in total. The Hall–Kier alpha value is -3.60. The third kappa shape index (κ3) is 5.55. The smallest absolute Gasteiger partial charge is 0.263 e. The molecule has 0 bridgehead atoms. The maximum Gasteiger partial charge on any atom is 0.263 e. The van der Waals surface area contributed by atoms with Crippen LogP contribution in [0.15, 0.2) is 78.9 Å². The normalized spacial score (nSPS) is 13.8. The Morgan fingerprint density at radius 3 is 2.19 bits per heavy atom. The molecule has 164 valence electrons. The van der Waals surface area contributed by atoms with Crippen LogP contribution in [0.2, 0.25) is 0 Å². The quantitative estimate of drug-likeness (QED) is 0.567. The zero-order valence-corrected chi connectivity index (χ0v) is 18.5. The van der Waals surface area contributed by atoms with Gasteiger partial charge in [0.05, 0.1) is 0 Å². The molecule has 3 aromatic carbocycles. The van der Waals surface area contributed by atoms with Crippen LogP contribution in [0.4, 0.5) is 0 Å². The van der Waals surface area contributed by atoms with E-state index in [0.29, 0.717) is 23.9 Å². The second-order valence-corrected chi connectivity index (χ2v) is 8.29. The third-order valence-corrected chi connectivity index (χ3v) is 5.55. The van der Waals surface area contributed by atoms with E-state index in [1.807, 2.05) is 54.6 Å². The van der Waals surface area contributed by atoms with Gasteiger partial charge in [-0.05, 0) is 60.7 Å². The van der Waals surface area contributed by atoms with Crippen LogP contribution in [-0.4, -0.2) is 35.9 Å². The summed E-state index contributed by atoms with van der Waals surface area (Å²) in [5, 5.41) is 2.98. The van der Waals surface area contributed by atoms with Crippen molar-refractivity contribution >= 4 is 11.8 Å². The van der Waals surface area contributed by atoms with Crippen molar-refractivity contribution in [3.63, 3.8) is 0 Å². The first-order chi connectivity index (χ1) is 15.5. The fraction of sp³-hybridized carbons (Fsp3) is 0.259. The minimum Gasteiger partial charge on any atom is -0.481 e. The van der Waals surface area contributed by atoms with E-state index < -0.39 is 6.10 Å². The fourth-order valence-electron chi connectivity index (χ4n) is 3.53. The summed E-state index contributed by atoms with van der Waals surface area (Å²) in [4.78, 5) is 26.5. The number of hydrogen-bond donors (Lipinski definition) is 1. The standard InChI is InChI=1S/C27H28N2O3/c1-19(32-25-16-12-22(13-17-25)21-6-4-3-5-7-21)27(31)29(2)18-20-8-10-23(11-9-20)26(30)28-24-14-15-24/h3-13,16-17,19,24H,14-15,18H2,1-2H3,(H,28,30). The minimum absolute atomic E-state index is 0.0382. The second-order valence-electron chi connectivity index (χ2n) is 8.29. The van der Waals surface area contributed by atoms with E-state index in [4.69, 9.17) is 4.74 Å². The van der Waals surface area contributed by atoms with E-state index in [1.54, 1.807) is 31.0 Å². The van der Waals surface area contributed by atoms with Crippen molar-refractivity contribution in [1.82, 2.24) is 10.2 Å². The van der Waals surface area contributed by atoms with Crippen molar-refractivity contribution < 1.29 is 14.3 Å². The molecule has 1 atom stereocenters. The highest BCUT2D eigenvalue weighted by Crippen LogP contribution is 2.23. The molecule has 1 unspecified atom stereocenters. The number of likely N-dealkylation sites (N-methyl/N-ethyl adjacent to an activating group) is 1. The van der Waals surface area contributed by atoms with Crippen LogP contribution in [-0.2, 0) is 11.3 Å². The van der Waals surface area contributed by atoms with Gasteiger partial charge in [-0.1, -0.05) is 54.6 Å². The molecule has 0 heterocycles. The first-order valence-corrected chi connectivity index (χ1v) is 11.0. The van der Waals surface area contributed by atoms with Crippen LogP contribution in [0, 0.1) is 0 Å². The van der Waals surface area contributed by atoms with Gasteiger partial charge < -0.3 is 15.0 Å². The van der Waals surface area contributed by atoms with Crippen molar-refractivity contribution in [3.8, 4) is 16.9 Å². The number of carbonyl (C=O) groups excluding carboxylic acids is 2. The summed E-state index contributed by atoms with van der Waals surface area (Å²) in [5.74, 6) is 0.515. The second kappa shape index (κ2) is 9.69. The van der Waals surface area contributed by atoms with Gasteiger partial charge in [0.25, 0.3) is 11.8 Å². The Morgan fingerprint density at radius 1 is 0.938 bits per heavy atom. The van der Waals surface area contributed by atoms with E-state index in [9.17, 15) is 9.59 Å². The maximum atomic E-state index is 12.8. The SMILES string of the molecule is CC(Oc1ccc(-c2ccccc2)cc1)C(=O)N(C)Cc1ccc(C(=O)NC2CC2)cc1. The molecule has 0 aromatic heterocycles. The minimum atomic E-state index is -0.605. The molecule has 1 saturated carbocycles. The average molecular weight is 429 g/mol. The summed E-state index contributed by atoms with van der Waals surface area (Å²) in [6.07, 6.45) is 1.52. The van der Waals surface area contributed by atoms with E-state index in [1.165, 1.54) is 0 Å². The molecule has 0 spiro atoms. The average Bonchev–Trinajstić information content (AvgIpc) is 3.64. The maximum absolute atomic E-state index is 12.8. The Kier molecular flexibility index (Phi) is 6.55. The first kappa shape index (κ1) is 21.6. The number of nitrogens with zero attached hydrogens (tertiary/aromatic N) is 1. The predicted molar refractivity (Wildman–Crippen MR) is 125 cm³/mol. The number of ether oxygens (including phenoxy) is 1. The topological polar surface area (TPSA) is 58.6 Å². The van der Waals surface area contributed by atoms with Crippen LogP contribution in [0.5, 0.6) is 5.75 Å². The predicted octanol–water partition coefficient (Wildman–Crippen LogP) is 4.67. The highest BCUT2D eigenvalue weighted by Gasteiger charge is 2.24. The molecule has 0 radical (unpaired) electrons. The van der Waals surface area contributed by atoms with Crippen molar-refractivity contribution in [2.45, 2.75) is 38.5 Å². The monoisotopic (exact) mass is 428 g/mol. The van der Waals surface area contributed by atoms with Crippen molar-refractivity contribution in [1.29, 1.82) is 0 Å². The van der Waals surface area contributed by atoms with Gasteiger partial charge in [0.15, 0.2) is 6.10 Å². The van der Waals surface area contributed by atoms with E-state index >= 15 is 0 Å². The van der Waals surface area contributed by atoms with Crippen molar-refractivity contribution in [2.75, 3.05) is 7.05 Å². The molecule has 1 aliphatic rings. The lowest BCUT2D eigenvalue weighted by molar-refractivity contribution is -0.137. The fourth-order valence-corrected chi connectivity index (χ4v) is 3.53. The molecule has 1 aliphatic carbocycles. The van der Waals surface area contributed by atoms with E-state index in [-0.39, 0.29) is 11.8 Å². The number of nitrogens with one attached hydrogen (secondary N) is 1. The lowest BCUT2D eigenvalue weighted by atomic mass is 10.1. The lowest BCUT2D eigenvalue weighted by Crippen LogP contribution is -2.37. The third-order valence-electron chi connectivity index (χ3n) is 5.55. The molecule has 1 N–H and O–H groups in total. The summed E-state index contributed by atoms with van der Waals surface area (Å²) in [6.45, 7) is 2.21. The summed E-state index contributed by atoms with van der Waals surface area (Å²) < 4.78 is 5.88. The number of benzene rings is 3. The number of amides is 2. The molecule has 2 amide bonds. The highest BCUT2D eigenvalue weighted by molar-refractivity contribution is 5.94. The van der Waals surface area contributed by atoms with Gasteiger partial charge in [0.1, 0.15) is 5.75 Å². The highest BCUT2D eigenvalue weighted by atomic mass is 16.5. The van der Waals surface area contributed by atoms with Gasteiger partial charge in [-0.3, -0.25) is 9.59 Å². The largest absolute Gasteiger partial charge is 0.481 e. The van der Waals surface area contributed by atoms with Crippen LogP contribution < -0.4 is 10.1 Å². The Bertz CT molecular complexity index is 1060. The van der Waals surface area contributed by atoms with Crippen LogP contribution in [0.1, 0.15) is 35.7 Å². The molecule has 3 aromatic rings. The van der Waals surface area contributed by atoms with Crippen molar-refractivity contribution in [2.24, 2.45) is 0 Å². The van der Waals surface area contributed by atoms with Crippen LogP contribution >= 0.6 is 0 Å². The molecule has 1 fully saturated rings. The molecule has 32 heavy (non-hydrogen) atoms. The van der Waals surface area contributed by atoms with Crippen LogP contribution in [0.3, 0.4) is 0 Å². The molecule has 0 aliphatic heterocycles. The number of hydrogen-bond acceptors (Lipinski definition) is 3. The zero-order valence-electron chi connectivity index (χ0n) is 18.5. The number of carbonyl (C=O) groups is 2. The Labute approximate surface area is 189 Å². The summed E-state index contributed by atoms with van der Waals surface area (Å²) in [5.41, 5.74) is 3.84. The van der Waals surface area contributed by atoms with Gasteiger partial charge in [-0.25, -0.2) is 0 Å². The summed E-state index contributed by atoms with van der Waals surface area (Å²) in [7, 11) is 1.76.